The molecule has 2 aliphatic heterocycles. The topological polar surface area (TPSA) is 144 Å². The van der Waals surface area contributed by atoms with Crippen molar-refractivity contribution < 1.29 is 33.4 Å². The number of amides is 3. The first-order chi connectivity index (χ1) is 24.7. The van der Waals surface area contributed by atoms with Crippen molar-refractivity contribution in [3.63, 3.8) is 0 Å². The lowest BCUT2D eigenvalue weighted by atomic mass is 9.68. The Labute approximate surface area is 301 Å². The van der Waals surface area contributed by atoms with Gasteiger partial charge in [0.15, 0.2) is 18.1 Å². The Hall–Kier alpha value is -4.88. The highest BCUT2D eigenvalue weighted by Gasteiger charge is 2.69. The number of nitrogens with zero attached hydrogens (tertiary/aromatic N) is 1. The highest BCUT2D eigenvalue weighted by atomic mass is 32.2. The SMILES string of the molecule is CCOC(=O)c1ccc(N2C(=O)C3C(C2=O)[C@@H]2C[C@H]3C3Sc4[nH]c(=O)sc4[C@H](c4ccc(OCC(=O)Nc5ccccc5C)c(OC)c4)C32)cc1. The maximum absolute atomic E-state index is 14.2. The zero-order chi connectivity index (χ0) is 35.6. The van der Waals surface area contributed by atoms with Crippen LogP contribution in [0.3, 0.4) is 0 Å². The quantitative estimate of drug-likeness (QED) is 0.166. The normalized spacial score (nSPS) is 25.6. The summed E-state index contributed by atoms with van der Waals surface area (Å²) in [5.74, 6) is -1.66. The number of thioether (sulfide) groups is 1. The number of methoxy groups -OCH3 is 1. The number of aromatic nitrogens is 1. The average molecular weight is 726 g/mol. The summed E-state index contributed by atoms with van der Waals surface area (Å²) >= 11 is 2.79. The van der Waals surface area contributed by atoms with Gasteiger partial charge in [-0.2, -0.15) is 0 Å². The number of esters is 1. The second kappa shape index (κ2) is 13.0. The van der Waals surface area contributed by atoms with Gasteiger partial charge in [0.2, 0.25) is 11.8 Å². The number of fused-ring (bicyclic) bond motifs is 9. The molecule has 4 unspecified atom stereocenters. The largest absolute Gasteiger partial charge is 0.493 e. The number of carbonyl (C=O) groups excluding carboxylic acids is 4. The van der Waals surface area contributed by atoms with E-state index in [9.17, 15) is 24.0 Å². The number of aryl methyl sites for hydroxylation is 1. The molecule has 3 aromatic carbocycles. The summed E-state index contributed by atoms with van der Waals surface area (Å²) in [6.07, 6.45) is 0.745. The Kier molecular flexibility index (Phi) is 8.50. The third kappa shape index (κ3) is 5.53. The first-order valence-electron chi connectivity index (χ1n) is 16.9. The van der Waals surface area contributed by atoms with E-state index in [0.717, 1.165) is 27.5 Å². The number of para-hydroxylation sites is 1. The van der Waals surface area contributed by atoms with Gasteiger partial charge in [0, 0.05) is 21.7 Å². The summed E-state index contributed by atoms with van der Waals surface area (Å²) in [7, 11) is 1.54. The zero-order valence-electron chi connectivity index (χ0n) is 28.0. The lowest BCUT2D eigenvalue weighted by Gasteiger charge is -2.43. The fourth-order valence-electron chi connectivity index (χ4n) is 8.65. The molecule has 11 nitrogen and oxygen atoms in total. The third-order valence-electron chi connectivity index (χ3n) is 10.7. The number of hydrogen-bond acceptors (Lipinski definition) is 10. The van der Waals surface area contributed by atoms with Gasteiger partial charge in [-0.3, -0.25) is 24.1 Å². The van der Waals surface area contributed by atoms with E-state index in [1.165, 1.54) is 23.3 Å². The van der Waals surface area contributed by atoms with Crippen LogP contribution in [0.15, 0.2) is 76.6 Å². The van der Waals surface area contributed by atoms with Crippen molar-refractivity contribution in [3.8, 4) is 11.5 Å². The number of imide groups is 1. The van der Waals surface area contributed by atoms with Gasteiger partial charge >= 0.3 is 10.8 Å². The molecule has 51 heavy (non-hydrogen) atoms. The molecule has 2 saturated carbocycles. The molecule has 1 aromatic heterocycles. The van der Waals surface area contributed by atoms with Crippen LogP contribution in [0.4, 0.5) is 11.4 Å². The summed E-state index contributed by atoms with van der Waals surface area (Å²) in [5, 5.41) is 3.68. The van der Waals surface area contributed by atoms with E-state index in [-0.39, 0.29) is 64.7 Å². The minimum absolute atomic E-state index is 0.00829. The number of carbonyl (C=O) groups is 4. The zero-order valence-corrected chi connectivity index (χ0v) is 29.7. The number of aromatic amines is 1. The Morgan fingerprint density at radius 2 is 1.71 bits per heavy atom. The van der Waals surface area contributed by atoms with Crippen LogP contribution in [0.1, 0.15) is 45.6 Å². The van der Waals surface area contributed by atoms with Gasteiger partial charge in [0.05, 0.1) is 41.8 Å². The first-order valence-corrected chi connectivity index (χ1v) is 18.6. The van der Waals surface area contributed by atoms with Gasteiger partial charge in [0.1, 0.15) is 0 Å². The first kappa shape index (κ1) is 33.3. The summed E-state index contributed by atoms with van der Waals surface area (Å²) in [4.78, 5) is 70.9. The number of H-pyrrole nitrogens is 1. The van der Waals surface area contributed by atoms with E-state index in [1.807, 2.05) is 43.3 Å². The highest BCUT2D eigenvalue weighted by Crippen LogP contribution is 2.68. The number of nitrogens with one attached hydrogen (secondary N) is 2. The highest BCUT2D eigenvalue weighted by molar-refractivity contribution is 8.00. The summed E-state index contributed by atoms with van der Waals surface area (Å²) in [6.45, 7) is 3.67. The molecule has 13 heteroatoms. The van der Waals surface area contributed by atoms with Crippen molar-refractivity contribution in [1.82, 2.24) is 4.98 Å². The Balaban J connectivity index is 1.07. The Morgan fingerprint density at radius 3 is 2.43 bits per heavy atom. The monoisotopic (exact) mass is 725 g/mol. The van der Waals surface area contributed by atoms with E-state index in [4.69, 9.17) is 14.2 Å². The van der Waals surface area contributed by atoms with E-state index < -0.39 is 17.8 Å². The smallest absolute Gasteiger partial charge is 0.338 e. The molecule has 2 bridgehead atoms. The molecule has 262 valence electrons. The van der Waals surface area contributed by atoms with Crippen LogP contribution in [0.5, 0.6) is 11.5 Å². The van der Waals surface area contributed by atoms with E-state index in [0.29, 0.717) is 28.4 Å². The molecule has 2 aliphatic carbocycles. The number of hydrogen-bond donors (Lipinski definition) is 2. The van der Waals surface area contributed by atoms with Crippen molar-refractivity contribution >= 4 is 58.2 Å². The van der Waals surface area contributed by atoms with Gasteiger partial charge in [-0.15, -0.1) is 11.8 Å². The van der Waals surface area contributed by atoms with Crippen LogP contribution in [-0.4, -0.2) is 54.2 Å². The standard InChI is InChI=1S/C38H35N3O8S2/c1-4-48-37(45)19-9-12-21(13-10-19)41-35(43)30-22-16-23(31(30)36(41)44)32-29(22)28(33-34(50-32)40-38(46)51-33)20-11-14-25(26(15-20)47-3)49-17-27(42)39-24-8-6-5-7-18(24)2/h5-15,22-23,28-32H,4,16-17H2,1-3H3,(H,39,42)(H,40,46)/t22-,23-,28-,29?,30?,31?,32?/m1/s1. The van der Waals surface area contributed by atoms with Crippen LogP contribution in [0.25, 0.3) is 0 Å². The predicted octanol–water partition coefficient (Wildman–Crippen LogP) is 5.63. The maximum atomic E-state index is 14.2. The molecule has 7 atom stereocenters. The van der Waals surface area contributed by atoms with Gasteiger partial charge in [-0.1, -0.05) is 35.6 Å². The van der Waals surface area contributed by atoms with Gasteiger partial charge in [0.25, 0.3) is 5.91 Å². The second-order valence-electron chi connectivity index (χ2n) is 13.3. The molecule has 8 rings (SSSR count). The van der Waals surface area contributed by atoms with Gasteiger partial charge in [-0.05, 0) is 91.6 Å². The minimum atomic E-state index is -0.481. The molecular weight excluding hydrogens is 691 g/mol. The number of thiazole rings is 1. The maximum Gasteiger partial charge on any atom is 0.338 e. The van der Waals surface area contributed by atoms with Crippen LogP contribution >= 0.6 is 23.1 Å². The van der Waals surface area contributed by atoms with E-state index in [2.05, 4.69) is 10.3 Å². The Morgan fingerprint density at radius 1 is 0.961 bits per heavy atom. The number of anilines is 2. The molecule has 2 N–H and O–H groups in total. The van der Waals surface area contributed by atoms with Crippen molar-refractivity contribution in [2.75, 3.05) is 30.5 Å². The van der Waals surface area contributed by atoms with Crippen molar-refractivity contribution in [3.05, 3.63) is 98.0 Å². The molecule has 3 fully saturated rings. The average Bonchev–Trinajstić information content (AvgIpc) is 3.87. The predicted molar refractivity (Wildman–Crippen MR) is 192 cm³/mol. The van der Waals surface area contributed by atoms with Crippen LogP contribution in [0, 0.1) is 36.5 Å². The second-order valence-corrected chi connectivity index (χ2v) is 15.5. The molecule has 4 aliphatic rings. The number of rotatable bonds is 9. The van der Waals surface area contributed by atoms with Gasteiger partial charge < -0.3 is 24.5 Å². The summed E-state index contributed by atoms with van der Waals surface area (Å²) in [5.41, 5.74) is 3.35. The fourth-order valence-corrected chi connectivity index (χ4v) is 11.5. The minimum Gasteiger partial charge on any atom is -0.493 e. The molecule has 1 saturated heterocycles. The van der Waals surface area contributed by atoms with E-state index in [1.54, 1.807) is 49.0 Å². The van der Waals surface area contributed by atoms with Crippen molar-refractivity contribution in [2.24, 2.45) is 29.6 Å². The number of ether oxygens (including phenoxy) is 3. The summed E-state index contributed by atoms with van der Waals surface area (Å²) in [6, 6.07) is 19.5. The van der Waals surface area contributed by atoms with Crippen LogP contribution in [0.2, 0.25) is 0 Å². The molecule has 3 heterocycles. The lowest BCUT2D eigenvalue weighted by molar-refractivity contribution is -0.123. The number of benzene rings is 3. The lowest BCUT2D eigenvalue weighted by Crippen LogP contribution is -2.42. The summed E-state index contributed by atoms with van der Waals surface area (Å²) < 4.78 is 16.8. The van der Waals surface area contributed by atoms with Crippen molar-refractivity contribution in [2.45, 2.75) is 36.5 Å². The van der Waals surface area contributed by atoms with Gasteiger partial charge in [-0.25, -0.2) is 4.79 Å². The van der Waals surface area contributed by atoms with Crippen LogP contribution in [-0.2, 0) is 19.1 Å². The Bertz CT molecular complexity index is 2130. The van der Waals surface area contributed by atoms with Crippen molar-refractivity contribution in [1.29, 1.82) is 0 Å². The molecule has 0 spiro atoms. The molecule has 4 aromatic rings. The van der Waals surface area contributed by atoms with Crippen LogP contribution < -0.4 is 24.6 Å². The molecular formula is C38H35N3O8S2. The third-order valence-corrected chi connectivity index (χ3v) is 13.3. The van der Waals surface area contributed by atoms with E-state index >= 15 is 0 Å². The molecule has 3 amide bonds. The fraction of sp³-hybridized carbons (Fsp3) is 0.342. The molecule has 0 radical (unpaired) electrons.